The fraction of sp³-hybridized carbons (Fsp3) is 0.276. The molecule has 1 amide bonds. The number of ether oxygens (including phenoxy) is 1. The van der Waals surface area contributed by atoms with Crippen molar-refractivity contribution in [2.45, 2.75) is 43.7 Å². The molecule has 3 aliphatic rings. The van der Waals surface area contributed by atoms with Crippen LogP contribution in [-0.2, 0) is 4.74 Å². The lowest BCUT2D eigenvalue weighted by atomic mass is 9.83. The molecule has 5 heteroatoms. The van der Waals surface area contributed by atoms with Crippen LogP contribution >= 0.6 is 23.2 Å². The van der Waals surface area contributed by atoms with Crippen LogP contribution in [0.15, 0.2) is 72.8 Å². The van der Waals surface area contributed by atoms with E-state index in [4.69, 9.17) is 27.9 Å². The first-order valence-corrected chi connectivity index (χ1v) is 12.7. The molecule has 2 bridgehead atoms. The number of fused-ring (bicyclic) bond motifs is 5. The Kier molecular flexibility index (Phi) is 5.63. The fourth-order valence-electron chi connectivity index (χ4n) is 5.97. The van der Waals surface area contributed by atoms with Crippen LogP contribution in [0.2, 0.25) is 10.0 Å². The van der Waals surface area contributed by atoms with Crippen molar-refractivity contribution < 1.29 is 9.53 Å². The van der Waals surface area contributed by atoms with E-state index in [0.29, 0.717) is 16.7 Å². The summed E-state index contributed by atoms with van der Waals surface area (Å²) in [4.78, 5) is 15.3. The van der Waals surface area contributed by atoms with E-state index in [1.54, 1.807) is 0 Å². The average Bonchev–Trinajstić information content (AvgIpc) is 3.15. The summed E-state index contributed by atoms with van der Waals surface area (Å²) >= 11 is 13.0. The first-order valence-electron chi connectivity index (χ1n) is 11.9. The van der Waals surface area contributed by atoms with Gasteiger partial charge in [0.2, 0.25) is 0 Å². The summed E-state index contributed by atoms with van der Waals surface area (Å²) in [7, 11) is 0. The molecule has 1 fully saturated rings. The molecule has 3 nitrogen and oxygen atoms in total. The molecule has 2 heterocycles. The molecule has 6 rings (SSSR count). The van der Waals surface area contributed by atoms with E-state index >= 15 is 0 Å². The van der Waals surface area contributed by atoms with Gasteiger partial charge in [0.1, 0.15) is 6.61 Å². The van der Waals surface area contributed by atoms with E-state index in [9.17, 15) is 4.79 Å². The molecule has 2 atom stereocenters. The third-order valence-corrected chi connectivity index (χ3v) is 8.10. The van der Waals surface area contributed by atoms with Crippen molar-refractivity contribution in [2.75, 3.05) is 6.61 Å². The predicted molar refractivity (Wildman–Crippen MR) is 137 cm³/mol. The van der Waals surface area contributed by atoms with Crippen LogP contribution in [0.5, 0.6) is 0 Å². The topological polar surface area (TPSA) is 29.5 Å². The molecule has 1 saturated heterocycles. The van der Waals surface area contributed by atoms with Gasteiger partial charge in [-0.25, -0.2) is 4.79 Å². The van der Waals surface area contributed by atoms with Crippen LogP contribution < -0.4 is 0 Å². The Morgan fingerprint density at radius 1 is 0.882 bits per heavy atom. The van der Waals surface area contributed by atoms with Crippen LogP contribution in [0.1, 0.15) is 48.3 Å². The summed E-state index contributed by atoms with van der Waals surface area (Å²) in [6.07, 6.45) is 5.67. The number of carbonyl (C=O) groups excluding carboxylic acids is 1. The molecule has 0 aromatic heterocycles. The fourth-order valence-corrected chi connectivity index (χ4v) is 6.61. The van der Waals surface area contributed by atoms with E-state index in [0.717, 1.165) is 36.8 Å². The molecular weight excluding hydrogens is 465 g/mol. The van der Waals surface area contributed by atoms with Crippen molar-refractivity contribution in [3.05, 3.63) is 99.5 Å². The molecule has 0 radical (unpaired) electrons. The molecule has 34 heavy (non-hydrogen) atoms. The van der Waals surface area contributed by atoms with Crippen molar-refractivity contribution in [1.82, 2.24) is 4.90 Å². The molecule has 0 saturated carbocycles. The third-order valence-electron chi connectivity index (χ3n) is 7.47. The second-order valence-corrected chi connectivity index (χ2v) is 10.2. The summed E-state index contributed by atoms with van der Waals surface area (Å²) < 4.78 is 6.01. The maximum Gasteiger partial charge on any atom is 0.410 e. The normalized spacial score (nSPS) is 21.0. The maximum absolute atomic E-state index is 13.4. The number of piperidine rings is 1. The lowest BCUT2D eigenvalue weighted by molar-refractivity contribution is 0.0539. The van der Waals surface area contributed by atoms with Crippen LogP contribution in [0.4, 0.5) is 4.79 Å². The molecule has 3 aromatic carbocycles. The van der Waals surface area contributed by atoms with Crippen molar-refractivity contribution in [2.24, 2.45) is 0 Å². The van der Waals surface area contributed by atoms with Crippen LogP contribution in [-0.4, -0.2) is 29.7 Å². The van der Waals surface area contributed by atoms with Gasteiger partial charge in [0.25, 0.3) is 0 Å². The minimum absolute atomic E-state index is 0.00508. The van der Waals surface area contributed by atoms with Crippen LogP contribution in [0.3, 0.4) is 0 Å². The summed E-state index contributed by atoms with van der Waals surface area (Å²) in [5.74, 6) is 0.0639. The van der Waals surface area contributed by atoms with Crippen LogP contribution in [0, 0.1) is 0 Å². The molecule has 2 aliphatic heterocycles. The lowest BCUT2D eigenvalue weighted by Gasteiger charge is -2.44. The minimum Gasteiger partial charge on any atom is -0.448 e. The second kappa shape index (κ2) is 8.79. The highest BCUT2D eigenvalue weighted by Gasteiger charge is 2.39. The first-order chi connectivity index (χ1) is 16.6. The Morgan fingerprint density at radius 2 is 1.53 bits per heavy atom. The second-order valence-electron chi connectivity index (χ2n) is 9.36. The van der Waals surface area contributed by atoms with Crippen LogP contribution in [0.25, 0.3) is 16.7 Å². The standard InChI is InChI=1S/C29H25Cl2NO2/c30-26-13-6-14-27(31)28(26)18-15-19-7-5-8-20(16-18)32(19)29(33)34-17-25-23-11-3-1-9-21(23)22-10-2-4-12-24(22)25/h1-4,6,9-15,19-20,25H,5,7-8,16-17H2. The zero-order valence-electron chi connectivity index (χ0n) is 18.7. The molecule has 0 spiro atoms. The Bertz CT molecular complexity index is 1240. The van der Waals surface area contributed by atoms with Gasteiger partial charge in [0.05, 0.1) is 6.04 Å². The minimum atomic E-state index is -0.225. The Balaban J connectivity index is 1.24. The van der Waals surface area contributed by atoms with Gasteiger partial charge in [-0.15, -0.1) is 0 Å². The van der Waals surface area contributed by atoms with E-state index in [-0.39, 0.29) is 24.1 Å². The monoisotopic (exact) mass is 489 g/mol. The van der Waals surface area contributed by atoms with Crippen molar-refractivity contribution in [1.29, 1.82) is 0 Å². The zero-order chi connectivity index (χ0) is 23.2. The highest BCUT2D eigenvalue weighted by Crippen LogP contribution is 2.45. The quantitative estimate of drug-likeness (QED) is 0.373. The maximum atomic E-state index is 13.4. The van der Waals surface area contributed by atoms with Gasteiger partial charge in [-0.1, -0.05) is 83.9 Å². The van der Waals surface area contributed by atoms with Gasteiger partial charge in [-0.05, 0) is 65.6 Å². The van der Waals surface area contributed by atoms with Crippen molar-refractivity contribution in [3.8, 4) is 11.1 Å². The highest BCUT2D eigenvalue weighted by molar-refractivity contribution is 6.37. The predicted octanol–water partition coefficient (Wildman–Crippen LogP) is 7.95. The number of rotatable bonds is 3. The molecule has 1 aliphatic carbocycles. The largest absolute Gasteiger partial charge is 0.448 e. The Hall–Kier alpha value is -2.75. The lowest BCUT2D eigenvalue weighted by Crippen LogP contribution is -2.51. The van der Waals surface area contributed by atoms with Gasteiger partial charge >= 0.3 is 6.09 Å². The molecular formula is C29H25Cl2NO2. The van der Waals surface area contributed by atoms with Gasteiger partial charge in [-0.3, -0.25) is 4.90 Å². The summed E-state index contributed by atoms with van der Waals surface area (Å²) in [6.45, 7) is 0.343. The van der Waals surface area contributed by atoms with Gasteiger partial charge in [0, 0.05) is 27.6 Å². The zero-order valence-corrected chi connectivity index (χ0v) is 20.2. The van der Waals surface area contributed by atoms with Crippen molar-refractivity contribution in [3.63, 3.8) is 0 Å². The summed E-state index contributed by atoms with van der Waals surface area (Å²) in [5, 5.41) is 1.32. The smallest absolute Gasteiger partial charge is 0.410 e. The average molecular weight is 490 g/mol. The van der Waals surface area contributed by atoms with Gasteiger partial charge in [-0.2, -0.15) is 0 Å². The number of amides is 1. The summed E-state index contributed by atoms with van der Waals surface area (Å²) in [6, 6.07) is 22.5. The van der Waals surface area contributed by atoms with E-state index in [2.05, 4.69) is 54.6 Å². The number of carbonyl (C=O) groups is 1. The number of hydrogen-bond acceptors (Lipinski definition) is 2. The molecule has 3 aromatic rings. The number of halogens is 2. The number of benzene rings is 3. The van der Waals surface area contributed by atoms with Crippen molar-refractivity contribution >= 4 is 34.9 Å². The SMILES string of the molecule is O=C(OCC1c2ccccc2-c2ccccc21)N1C2C=C(c3c(Cl)cccc3Cl)CC1CCC2. The van der Waals surface area contributed by atoms with Gasteiger partial charge in [0.15, 0.2) is 0 Å². The Labute approximate surface area is 209 Å². The molecule has 2 unspecified atom stereocenters. The first kappa shape index (κ1) is 21.8. The molecule has 172 valence electrons. The molecule has 0 N–H and O–H groups in total. The third kappa shape index (κ3) is 3.62. The number of nitrogens with zero attached hydrogens (tertiary/aromatic N) is 1. The number of hydrogen-bond donors (Lipinski definition) is 0. The van der Waals surface area contributed by atoms with E-state index in [1.807, 2.05) is 23.1 Å². The van der Waals surface area contributed by atoms with E-state index < -0.39 is 0 Å². The Morgan fingerprint density at radius 3 is 2.18 bits per heavy atom. The van der Waals surface area contributed by atoms with E-state index in [1.165, 1.54) is 22.3 Å². The highest BCUT2D eigenvalue weighted by atomic mass is 35.5. The summed E-state index contributed by atoms with van der Waals surface area (Å²) in [5.41, 5.74) is 6.95. The van der Waals surface area contributed by atoms with Gasteiger partial charge < -0.3 is 4.74 Å².